The van der Waals surface area contributed by atoms with Gasteiger partial charge in [0.2, 0.25) is 5.91 Å². The zero-order valence-electron chi connectivity index (χ0n) is 14.1. The summed E-state index contributed by atoms with van der Waals surface area (Å²) in [6.07, 6.45) is 2.94. The van der Waals surface area contributed by atoms with E-state index in [9.17, 15) is 14.7 Å². The van der Waals surface area contributed by atoms with E-state index in [1.54, 1.807) is 18.2 Å². The Morgan fingerprint density at radius 1 is 1.21 bits per heavy atom. The van der Waals surface area contributed by atoms with Crippen molar-refractivity contribution in [1.82, 2.24) is 4.90 Å². The lowest BCUT2D eigenvalue weighted by Crippen LogP contribution is -2.45. The zero-order valence-corrected chi connectivity index (χ0v) is 14.1. The monoisotopic (exact) mass is 336 g/mol. The third-order valence-electron chi connectivity index (χ3n) is 4.18. The number of methoxy groups -OCH3 is 2. The van der Waals surface area contributed by atoms with Crippen molar-refractivity contribution in [3.63, 3.8) is 0 Å². The standard InChI is InChI=1S/C17H24N2O5/c1-23-12-6-7-15(24-2)13(10-12)18-16(20)11-14(17(21)22)19-8-4-3-5-9-19/h6-7,10,14H,3-5,8-9,11H2,1-2H3,(H,18,20)(H,21,22). The smallest absolute Gasteiger partial charge is 0.321 e. The van der Waals surface area contributed by atoms with E-state index in [0.29, 0.717) is 30.3 Å². The van der Waals surface area contributed by atoms with E-state index in [4.69, 9.17) is 9.47 Å². The Morgan fingerprint density at radius 2 is 1.92 bits per heavy atom. The highest BCUT2D eigenvalue weighted by Gasteiger charge is 2.29. The Kier molecular flexibility index (Phi) is 6.43. The van der Waals surface area contributed by atoms with Gasteiger partial charge in [0.05, 0.1) is 26.3 Å². The molecule has 2 rings (SSSR count). The number of likely N-dealkylation sites (tertiary alicyclic amines) is 1. The molecule has 1 heterocycles. The second kappa shape index (κ2) is 8.54. The van der Waals surface area contributed by atoms with Gasteiger partial charge in [-0.3, -0.25) is 14.5 Å². The largest absolute Gasteiger partial charge is 0.497 e. The minimum atomic E-state index is -0.968. The molecule has 7 heteroatoms. The van der Waals surface area contributed by atoms with E-state index in [2.05, 4.69) is 5.32 Å². The first kappa shape index (κ1) is 18.1. The normalized spacial score (nSPS) is 16.2. The molecule has 24 heavy (non-hydrogen) atoms. The molecule has 0 aliphatic carbocycles. The van der Waals surface area contributed by atoms with Gasteiger partial charge in [0.1, 0.15) is 17.5 Å². The van der Waals surface area contributed by atoms with Gasteiger partial charge in [-0.2, -0.15) is 0 Å². The van der Waals surface area contributed by atoms with Crippen molar-refractivity contribution in [1.29, 1.82) is 0 Å². The molecule has 1 atom stereocenters. The molecule has 0 bridgehead atoms. The highest BCUT2D eigenvalue weighted by molar-refractivity contribution is 5.95. The summed E-state index contributed by atoms with van der Waals surface area (Å²) >= 11 is 0. The molecule has 1 aliphatic rings. The first-order valence-electron chi connectivity index (χ1n) is 8.04. The number of ether oxygens (including phenoxy) is 2. The van der Waals surface area contributed by atoms with Gasteiger partial charge in [0.15, 0.2) is 0 Å². The number of carboxylic acids is 1. The average molecular weight is 336 g/mol. The molecule has 0 spiro atoms. The third kappa shape index (κ3) is 4.61. The SMILES string of the molecule is COc1ccc(OC)c(NC(=O)CC(C(=O)O)N2CCCCC2)c1. The molecule has 0 radical (unpaired) electrons. The van der Waals surface area contributed by atoms with Crippen LogP contribution in [0.1, 0.15) is 25.7 Å². The van der Waals surface area contributed by atoms with Gasteiger partial charge in [-0.15, -0.1) is 0 Å². The van der Waals surface area contributed by atoms with Crippen LogP contribution in [0, 0.1) is 0 Å². The quantitative estimate of drug-likeness (QED) is 0.791. The van der Waals surface area contributed by atoms with Gasteiger partial charge in [-0.25, -0.2) is 0 Å². The summed E-state index contributed by atoms with van der Waals surface area (Å²) in [7, 11) is 3.04. The Bertz CT molecular complexity index is 584. The Balaban J connectivity index is 2.06. The van der Waals surface area contributed by atoms with Gasteiger partial charge in [-0.05, 0) is 38.1 Å². The topological polar surface area (TPSA) is 88.1 Å². The van der Waals surface area contributed by atoms with Crippen LogP contribution in [0.25, 0.3) is 0 Å². The van der Waals surface area contributed by atoms with E-state index in [-0.39, 0.29) is 12.3 Å². The predicted octanol–water partition coefficient (Wildman–Crippen LogP) is 1.97. The van der Waals surface area contributed by atoms with Gasteiger partial charge in [0.25, 0.3) is 0 Å². The van der Waals surface area contributed by atoms with Gasteiger partial charge in [0, 0.05) is 6.07 Å². The number of benzene rings is 1. The highest BCUT2D eigenvalue weighted by Crippen LogP contribution is 2.29. The van der Waals surface area contributed by atoms with Crippen LogP contribution in [0.5, 0.6) is 11.5 Å². The molecule has 1 aromatic carbocycles. The fraction of sp³-hybridized carbons (Fsp3) is 0.529. The number of aliphatic carboxylic acids is 1. The summed E-state index contributed by atoms with van der Waals surface area (Å²) in [6.45, 7) is 1.43. The summed E-state index contributed by atoms with van der Waals surface area (Å²) in [4.78, 5) is 25.8. The van der Waals surface area contributed by atoms with Crippen LogP contribution < -0.4 is 14.8 Å². The minimum Gasteiger partial charge on any atom is -0.497 e. The molecular formula is C17H24N2O5. The number of carbonyl (C=O) groups excluding carboxylic acids is 1. The molecule has 0 saturated carbocycles. The lowest BCUT2D eigenvalue weighted by Gasteiger charge is -2.31. The maximum atomic E-state index is 12.3. The Labute approximate surface area is 141 Å². The van der Waals surface area contributed by atoms with E-state index >= 15 is 0 Å². The predicted molar refractivity (Wildman–Crippen MR) is 89.6 cm³/mol. The fourth-order valence-corrected chi connectivity index (χ4v) is 2.89. The van der Waals surface area contributed by atoms with Gasteiger partial charge < -0.3 is 19.9 Å². The molecule has 7 nitrogen and oxygen atoms in total. The fourth-order valence-electron chi connectivity index (χ4n) is 2.89. The lowest BCUT2D eigenvalue weighted by molar-refractivity contribution is -0.145. The van der Waals surface area contributed by atoms with Crippen molar-refractivity contribution in [2.75, 3.05) is 32.6 Å². The van der Waals surface area contributed by atoms with E-state index in [0.717, 1.165) is 19.3 Å². The molecule has 1 amide bonds. The number of amides is 1. The van der Waals surface area contributed by atoms with Crippen LogP contribution in [0.4, 0.5) is 5.69 Å². The van der Waals surface area contributed by atoms with Crippen molar-refractivity contribution in [2.45, 2.75) is 31.7 Å². The van der Waals surface area contributed by atoms with Crippen molar-refractivity contribution >= 4 is 17.6 Å². The van der Waals surface area contributed by atoms with Crippen LogP contribution in [0.15, 0.2) is 18.2 Å². The number of anilines is 1. The highest BCUT2D eigenvalue weighted by atomic mass is 16.5. The molecule has 0 aromatic heterocycles. The molecule has 2 N–H and O–H groups in total. The van der Waals surface area contributed by atoms with Crippen LogP contribution in [-0.4, -0.2) is 55.2 Å². The van der Waals surface area contributed by atoms with Crippen LogP contribution in [-0.2, 0) is 9.59 Å². The van der Waals surface area contributed by atoms with Crippen LogP contribution >= 0.6 is 0 Å². The number of hydrogen-bond acceptors (Lipinski definition) is 5. The molecule has 1 aromatic rings. The molecule has 1 fully saturated rings. The van der Waals surface area contributed by atoms with Crippen molar-refractivity contribution < 1.29 is 24.2 Å². The number of nitrogens with zero attached hydrogens (tertiary/aromatic N) is 1. The number of nitrogens with one attached hydrogen (secondary N) is 1. The summed E-state index contributed by atoms with van der Waals surface area (Å²) in [5, 5.41) is 12.2. The minimum absolute atomic E-state index is 0.101. The molecule has 132 valence electrons. The van der Waals surface area contributed by atoms with Crippen molar-refractivity contribution in [3.05, 3.63) is 18.2 Å². The Hall–Kier alpha value is -2.28. The summed E-state index contributed by atoms with van der Waals surface area (Å²) in [5.74, 6) is -0.255. The van der Waals surface area contributed by atoms with E-state index in [1.807, 2.05) is 4.90 Å². The molecular weight excluding hydrogens is 312 g/mol. The second-order valence-corrected chi connectivity index (χ2v) is 5.77. The summed E-state index contributed by atoms with van der Waals surface area (Å²) in [6, 6.07) is 4.26. The lowest BCUT2D eigenvalue weighted by atomic mass is 10.1. The van der Waals surface area contributed by atoms with Crippen molar-refractivity contribution in [2.24, 2.45) is 0 Å². The summed E-state index contributed by atoms with van der Waals surface area (Å²) < 4.78 is 10.4. The number of carbonyl (C=O) groups is 2. The molecule has 1 saturated heterocycles. The van der Waals surface area contributed by atoms with E-state index < -0.39 is 12.0 Å². The zero-order chi connectivity index (χ0) is 17.5. The van der Waals surface area contributed by atoms with E-state index in [1.165, 1.54) is 14.2 Å². The first-order chi connectivity index (χ1) is 11.5. The van der Waals surface area contributed by atoms with Gasteiger partial charge >= 0.3 is 5.97 Å². The molecule has 1 unspecified atom stereocenters. The summed E-state index contributed by atoms with van der Waals surface area (Å²) in [5.41, 5.74) is 0.463. The van der Waals surface area contributed by atoms with Crippen LogP contribution in [0.3, 0.4) is 0 Å². The first-order valence-corrected chi connectivity index (χ1v) is 8.04. The van der Waals surface area contributed by atoms with Crippen LogP contribution in [0.2, 0.25) is 0 Å². The number of hydrogen-bond donors (Lipinski definition) is 2. The molecule has 1 aliphatic heterocycles. The average Bonchev–Trinajstić information content (AvgIpc) is 2.60. The van der Waals surface area contributed by atoms with Crippen molar-refractivity contribution in [3.8, 4) is 11.5 Å². The third-order valence-corrected chi connectivity index (χ3v) is 4.18. The maximum absolute atomic E-state index is 12.3. The number of carboxylic acid groups (broad SMARTS) is 1. The second-order valence-electron chi connectivity index (χ2n) is 5.77. The van der Waals surface area contributed by atoms with Gasteiger partial charge in [-0.1, -0.05) is 6.42 Å². The number of piperidine rings is 1. The Morgan fingerprint density at radius 3 is 2.50 bits per heavy atom. The number of rotatable bonds is 7. The maximum Gasteiger partial charge on any atom is 0.321 e.